The summed E-state index contributed by atoms with van der Waals surface area (Å²) in [5.41, 5.74) is 4.10. The van der Waals surface area contributed by atoms with E-state index in [4.69, 9.17) is 10.8 Å². The summed E-state index contributed by atoms with van der Waals surface area (Å²) in [6, 6.07) is 9.04. The highest BCUT2D eigenvalue weighted by molar-refractivity contribution is 7.99. The summed E-state index contributed by atoms with van der Waals surface area (Å²) in [6.07, 6.45) is 0.894. The number of hydrazine groups is 1. The summed E-state index contributed by atoms with van der Waals surface area (Å²) in [5, 5.41) is 1.16. The molecule has 3 N–H and O–H groups in total. The minimum Gasteiger partial charge on any atom is -0.300 e. The van der Waals surface area contributed by atoms with Crippen LogP contribution in [0.5, 0.6) is 0 Å². The Morgan fingerprint density at radius 2 is 2.35 bits per heavy atom. The van der Waals surface area contributed by atoms with Gasteiger partial charge in [-0.05, 0) is 19.2 Å². The maximum Gasteiger partial charge on any atom is 0.0955 e. The van der Waals surface area contributed by atoms with Crippen LogP contribution in [0.3, 0.4) is 0 Å². The number of fused-ring (bicyclic) bond motifs is 1. The van der Waals surface area contributed by atoms with Crippen LogP contribution >= 0.6 is 23.1 Å². The van der Waals surface area contributed by atoms with Crippen molar-refractivity contribution in [1.82, 2.24) is 15.3 Å². The van der Waals surface area contributed by atoms with Crippen LogP contribution in [0.25, 0.3) is 10.2 Å². The summed E-state index contributed by atoms with van der Waals surface area (Å²) in [4.78, 5) is 7.13. The number of thiazole rings is 1. The summed E-state index contributed by atoms with van der Waals surface area (Å²) in [7, 11) is 2.19. The molecule has 4 nitrogen and oxygen atoms in total. The zero-order valence-corrected chi connectivity index (χ0v) is 13.2. The fourth-order valence-electron chi connectivity index (χ4n) is 2.63. The van der Waals surface area contributed by atoms with Gasteiger partial charge in [-0.2, -0.15) is 11.8 Å². The maximum absolute atomic E-state index is 5.80. The lowest BCUT2D eigenvalue weighted by atomic mass is 10.1. The summed E-state index contributed by atoms with van der Waals surface area (Å²) >= 11 is 3.79. The molecule has 2 unspecified atom stereocenters. The second kappa shape index (κ2) is 6.41. The van der Waals surface area contributed by atoms with Crippen LogP contribution in [0.4, 0.5) is 0 Å². The predicted octanol–water partition coefficient (Wildman–Crippen LogP) is 1.72. The molecule has 108 valence electrons. The number of thioether (sulfide) groups is 1. The minimum absolute atomic E-state index is 0.258. The van der Waals surface area contributed by atoms with Crippen molar-refractivity contribution in [1.29, 1.82) is 0 Å². The van der Waals surface area contributed by atoms with Crippen LogP contribution in [-0.2, 0) is 6.42 Å². The summed E-state index contributed by atoms with van der Waals surface area (Å²) in [6.45, 7) is 1.13. The standard InChI is InChI=1S/C14H20N4S2/c1-18-6-7-19-9-12(18)11(17-15)8-14-16-10-4-2-3-5-13(10)20-14/h2-5,11-12,17H,6-9,15H2,1H3. The van der Waals surface area contributed by atoms with E-state index in [1.54, 1.807) is 11.3 Å². The van der Waals surface area contributed by atoms with Gasteiger partial charge < -0.3 is 4.90 Å². The van der Waals surface area contributed by atoms with Gasteiger partial charge in [-0.25, -0.2) is 4.98 Å². The lowest BCUT2D eigenvalue weighted by molar-refractivity contribution is 0.214. The van der Waals surface area contributed by atoms with E-state index in [-0.39, 0.29) is 6.04 Å². The van der Waals surface area contributed by atoms with Gasteiger partial charge in [-0.1, -0.05) is 12.1 Å². The Balaban J connectivity index is 1.76. The number of aromatic nitrogens is 1. The van der Waals surface area contributed by atoms with Crippen molar-refractivity contribution in [2.45, 2.75) is 18.5 Å². The van der Waals surface area contributed by atoms with Gasteiger partial charge in [0.1, 0.15) is 0 Å². The minimum atomic E-state index is 0.258. The second-order valence-electron chi connectivity index (χ2n) is 5.18. The number of hydrogen-bond acceptors (Lipinski definition) is 6. The van der Waals surface area contributed by atoms with E-state index in [2.05, 4.69) is 35.6 Å². The Bertz CT molecular complexity index is 538. The summed E-state index contributed by atoms with van der Waals surface area (Å²) < 4.78 is 1.25. The number of nitrogens with one attached hydrogen (secondary N) is 1. The third-order valence-electron chi connectivity index (χ3n) is 3.85. The number of rotatable bonds is 4. The van der Waals surface area contributed by atoms with Crippen molar-refractivity contribution >= 4 is 33.3 Å². The molecule has 2 heterocycles. The molecule has 20 heavy (non-hydrogen) atoms. The van der Waals surface area contributed by atoms with Gasteiger partial charge in [0.05, 0.1) is 15.2 Å². The first-order chi connectivity index (χ1) is 9.78. The zero-order valence-electron chi connectivity index (χ0n) is 11.6. The normalized spacial score (nSPS) is 22.2. The van der Waals surface area contributed by atoms with Crippen LogP contribution in [0.1, 0.15) is 5.01 Å². The van der Waals surface area contributed by atoms with Crippen molar-refractivity contribution in [2.75, 3.05) is 25.1 Å². The topological polar surface area (TPSA) is 54.2 Å². The molecule has 1 aromatic carbocycles. The molecule has 0 bridgehead atoms. The lowest BCUT2D eigenvalue weighted by Crippen LogP contribution is -2.55. The largest absolute Gasteiger partial charge is 0.300 e. The first kappa shape index (κ1) is 14.3. The Labute approximate surface area is 127 Å². The van der Waals surface area contributed by atoms with Crippen molar-refractivity contribution < 1.29 is 0 Å². The summed E-state index contributed by atoms with van der Waals surface area (Å²) in [5.74, 6) is 8.15. The average Bonchev–Trinajstić information content (AvgIpc) is 2.88. The number of nitrogens with two attached hydrogens (primary N) is 1. The number of hydrogen-bond donors (Lipinski definition) is 2. The van der Waals surface area contributed by atoms with E-state index in [1.165, 1.54) is 10.5 Å². The van der Waals surface area contributed by atoms with E-state index < -0.39 is 0 Å². The van der Waals surface area contributed by atoms with Crippen LogP contribution in [0, 0.1) is 0 Å². The smallest absolute Gasteiger partial charge is 0.0955 e. The molecular formula is C14H20N4S2. The molecule has 2 aromatic rings. The van der Waals surface area contributed by atoms with Crippen molar-refractivity contribution in [3.63, 3.8) is 0 Å². The third-order valence-corrected chi connectivity index (χ3v) is 5.96. The molecule has 3 rings (SSSR count). The van der Waals surface area contributed by atoms with E-state index >= 15 is 0 Å². The second-order valence-corrected chi connectivity index (χ2v) is 7.44. The highest BCUT2D eigenvalue weighted by Crippen LogP contribution is 2.25. The molecule has 1 aromatic heterocycles. The fraction of sp³-hybridized carbons (Fsp3) is 0.500. The Hall–Kier alpha value is -0.660. The average molecular weight is 308 g/mol. The van der Waals surface area contributed by atoms with Gasteiger partial charge in [-0.15, -0.1) is 11.3 Å². The molecule has 1 fully saturated rings. The van der Waals surface area contributed by atoms with Gasteiger partial charge in [0.2, 0.25) is 0 Å². The van der Waals surface area contributed by atoms with Crippen molar-refractivity contribution in [3.8, 4) is 0 Å². The van der Waals surface area contributed by atoms with Crippen molar-refractivity contribution in [2.24, 2.45) is 5.84 Å². The molecule has 0 saturated carbocycles. The molecule has 6 heteroatoms. The Morgan fingerprint density at radius 1 is 1.50 bits per heavy atom. The van der Waals surface area contributed by atoms with E-state index in [0.29, 0.717) is 6.04 Å². The molecule has 1 aliphatic heterocycles. The van der Waals surface area contributed by atoms with Gasteiger partial charge in [-0.3, -0.25) is 11.3 Å². The first-order valence-electron chi connectivity index (χ1n) is 6.86. The maximum atomic E-state index is 5.80. The quantitative estimate of drug-likeness (QED) is 0.665. The van der Waals surface area contributed by atoms with Gasteiger partial charge in [0.25, 0.3) is 0 Å². The molecule has 0 amide bonds. The highest BCUT2D eigenvalue weighted by Gasteiger charge is 2.28. The van der Waals surface area contributed by atoms with Crippen molar-refractivity contribution in [3.05, 3.63) is 29.3 Å². The number of benzene rings is 1. The highest BCUT2D eigenvalue weighted by atomic mass is 32.2. The number of nitrogens with zero attached hydrogens (tertiary/aromatic N) is 2. The first-order valence-corrected chi connectivity index (χ1v) is 8.83. The molecule has 0 radical (unpaired) electrons. The van der Waals surface area contributed by atoms with Gasteiger partial charge >= 0.3 is 0 Å². The van der Waals surface area contributed by atoms with Gasteiger partial charge in [0.15, 0.2) is 0 Å². The van der Waals surface area contributed by atoms with Crippen LogP contribution in [0.15, 0.2) is 24.3 Å². The van der Waals surface area contributed by atoms with E-state index in [9.17, 15) is 0 Å². The van der Waals surface area contributed by atoms with Gasteiger partial charge in [0, 0.05) is 36.6 Å². The molecule has 1 aliphatic rings. The molecular weight excluding hydrogens is 288 g/mol. The van der Waals surface area contributed by atoms with Crippen LogP contribution < -0.4 is 11.3 Å². The molecule has 0 spiro atoms. The number of likely N-dealkylation sites (N-methyl/N-ethyl adjacent to an activating group) is 1. The van der Waals surface area contributed by atoms with E-state index in [1.807, 2.05) is 17.8 Å². The molecule has 1 saturated heterocycles. The number of para-hydroxylation sites is 1. The SMILES string of the molecule is CN1CCSCC1C(Cc1nc2ccccc2s1)NN. The van der Waals surface area contributed by atoms with E-state index in [0.717, 1.165) is 29.2 Å². The fourth-order valence-corrected chi connectivity index (χ4v) is 4.97. The van der Waals surface area contributed by atoms with Crippen LogP contribution in [-0.4, -0.2) is 47.1 Å². The Morgan fingerprint density at radius 3 is 3.10 bits per heavy atom. The molecule has 2 atom stereocenters. The Kier molecular flexibility index (Phi) is 4.58. The lowest BCUT2D eigenvalue weighted by Gasteiger charge is -2.37. The predicted molar refractivity (Wildman–Crippen MR) is 88.2 cm³/mol. The molecule has 0 aliphatic carbocycles. The monoisotopic (exact) mass is 308 g/mol. The van der Waals surface area contributed by atoms with Crippen LogP contribution in [0.2, 0.25) is 0 Å². The third kappa shape index (κ3) is 2.99. The zero-order chi connectivity index (χ0) is 13.9.